The van der Waals surface area contributed by atoms with Gasteiger partial charge in [-0.2, -0.15) is 0 Å². The number of halogens is 1. The van der Waals surface area contributed by atoms with E-state index in [2.05, 4.69) is 42.3 Å². The number of hydrogen-bond acceptors (Lipinski definition) is 6. The first kappa shape index (κ1) is 22.6. The van der Waals surface area contributed by atoms with Crippen molar-refractivity contribution in [2.75, 3.05) is 18.0 Å². The molecule has 1 fully saturated rings. The minimum atomic E-state index is -0.503. The average molecular weight is 450 g/mol. The van der Waals surface area contributed by atoms with Crippen molar-refractivity contribution in [3.63, 3.8) is 0 Å². The molecule has 172 valence electrons. The summed E-state index contributed by atoms with van der Waals surface area (Å²) in [6, 6.07) is 3.00. The number of allylic oxidation sites excluding steroid dienone is 3. The van der Waals surface area contributed by atoms with Crippen molar-refractivity contribution in [1.82, 2.24) is 29.3 Å². The average Bonchev–Trinajstić information content (AvgIpc) is 3.31. The summed E-state index contributed by atoms with van der Waals surface area (Å²) in [6.45, 7) is 7.38. The summed E-state index contributed by atoms with van der Waals surface area (Å²) in [7, 11) is 1.69. The number of nitrogens with zero attached hydrogens (tertiary/aromatic N) is 7. The predicted molar refractivity (Wildman–Crippen MR) is 126 cm³/mol. The lowest BCUT2D eigenvalue weighted by Crippen LogP contribution is -2.38. The highest BCUT2D eigenvalue weighted by Crippen LogP contribution is 2.31. The molecule has 0 bridgehead atoms. The zero-order valence-corrected chi connectivity index (χ0v) is 18.9. The molecule has 3 aromatic heterocycles. The van der Waals surface area contributed by atoms with Gasteiger partial charge in [-0.1, -0.05) is 18.2 Å². The SMILES string of the molecule is C=CC(C/C=C\C)n1cnnc1C1CCN(c2nc(-c3ccncc3F)cc(=O)n2C)CC1. The Hall–Kier alpha value is -3.62. The number of hydrogen-bond donors (Lipinski definition) is 0. The molecule has 0 amide bonds. The number of aromatic nitrogens is 6. The second-order valence-electron chi connectivity index (χ2n) is 8.16. The minimum absolute atomic E-state index is 0.110. The lowest BCUT2D eigenvalue weighted by molar-refractivity contribution is 0.446. The molecular weight excluding hydrogens is 421 g/mol. The van der Waals surface area contributed by atoms with E-state index in [0.717, 1.165) is 31.3 Å². The van der Waals surface area contributed by atoms with Crippen LogP contribution in [0.25, 0.3) is 11.3 Å². The lowest BCUT2D eigenvalue weighted by Gasteiger charge is -2.33. The zero-order chi connectivity index (χ0) is 23.4. The molecule has 1 atom stereocenters. The minimum Gasteiger partial charge on any atom is -0.342 e. The summed E-state index contributed by atoms with van der Waals surface area (Å²) in [5.41, 5.74) is 0.349. The van der Waals surface area contributed by atoms with E-state index in [0.29, 0.717) is 24.7 Å². The molecule has 1 unspecified atom stereocenters. The Morgan fingerprint density at radius 1 is 1.33 bits per heavy atom. The molecule has 33 heavy (non-hydrogen) atoms. The smallest absolute Gasteiger partial charge is 0.255 e. The van der Waals surface area contributed by atoms with Crippen molar-refractivity contribution in [2.45, 2.75) is 38.1 Å². The van der Waals surface area contributed by atoms with Crippen LogP contribution in [0, 0.1) is 5.82 Å². The quantitative estimate of drug-likeness (QED) is 0.512. The zero-order valence-electron chi connectivity index (χ0n) is 18.9. The van der Waals surface area contributed by atoms with Crippen LogP contribution < -0.4 is 10.5 Å². The second kappa shape index (κ2) is 9.89. The third-order valence-corrected chi connectivity index (χ3v) is 6.15. The van der Waals surface area contributed by atoms with Gasteiger partial charge in [-0.05, 0) is 32.3 Å². The maximum Gasteiger partial charge on any atom is 0.255 e. The van der Waals surface area contributed by atoms with Crippen LogP contribution >= 0.6 is 0 Å². The highest BCUT2D eigenvalue weighted by atomic mass is 19.1. The van der Waals surface area contributed by atoms with E-state index in [4.69, 9.17) is 0 Å². The fraction of sp³-hybridized carbons (Fsp3) is 0.375. The van der Waals surface area contributed by atoms with Gasteiger partial charge in [0.05, 0.1) is 17.9 Å². The van der Waals surface area contributed by atoms with Crippen molar-refractivity contribution in [2.24, 2.45) is 7.05 Å². The van der Waals surface area contributed by atoms with Gasteiger partial charge in [-0.3, -0.25) is 14.3 Å². The number of piperidine rings is 1. The summed E-state index contributed by atoms with van der Waals surface area (Å²) in [4.78, 5) is 23.1. The van der Waals surface area contributed by atoms with Gasteiger partial charge >= 0.3 is 0 Å². The summed E-state index contributed by atoms with van der Waals surface area (Å²) in [5.74, 6) is 1.23. The van der Waals surface area contributed by atoms with E-state index < -0.39 is 5.82 Å². The number of pyridine rings is 1. The molecule has 0 aromatic carbocycles. The molecule has 0 spiro atoms. The Labute approximate surface area is 192 Å². The monoisotopic (exact) mass is 449 g/mol. The Morgan fingerprint density at radius 2 is 2.12 bits per heavy atom. The van der Waals surface area contributed by atoms with E-state index in [1.54, 1.807) is 13.4 Å². The van der Waals surface area contributed by atoms with Crippen LogP contribution in [0.5, 0.6) is 0 Å². The van der Waals surface area contributed by atoms with Crippen LogP contribution in [0.2, 0.25) is 0 Å². The standard InChI is InChI=1S/C24H28FN7O/c1-4-6-7-18(5-2)32-16-27-29-23(32)17-9-12-31(13-10-17)24-28-21(14-22(33)30(24)3)19-8-11-26-15-20(19)25/h4-6,8,11,14-18H,2,7,9-10,12-13H2,1,3H3/b6-4-. The highest BCUT2D eigenvalue weighted by molar-refractivity contribution is 5.60. The van der Waals surface area contributed by atoms with E-state index in [1.807, 2.05) is 19.1 Å². The van der Waals surface area contributed by atoms with Crippen LogP contribution in [0.1, 0.15) is 44.0 Å². The van der Waals surface area contributed by atoms with Crippen molar-refractivity contribution in [3.05, 3.63) is 77.7 Å². The maximum absolute atomic E-state index is 14.2. The molecular formula is C24H28FN7O. The molecule has 0 saturated carbocycles. The molecule has 9 heteroatoms. The van der Waals surface area contributed by atoms with Crippen molar-refractivity contribution >= 4 is 5.95 Å². The molecule has 1 aliphatic heterocycles. The highest BCUT2D eigenvalue weighted by Gasteiger charge is 2.28. The number of anilines is 1. The van der Waals surface area contributed by atoms with Crippen molar-refractivity contribution < 1.29 is 4.39 Å². The first-order valence-corrected chi connectivity index (χ1v) is 11.1. The summed E-state index contributed by atoms with van der Waals surface area (Å²) >= 11 is 0. The molecule has 4 heterocycles. The number of rotatable bonds is 7. The molecule has 0 aliphatic carbocycles. The second-order valence-corrected chi connectivity index (χ2v) is 8.16. The van der Waals surface area contributed by atoms with Crippen LogP contribution in [-0.4, -0.2) is 42.4 Å². The Kier molecular flexibility index (Phi) is 6.76. The van der Waals surface area contributed by atoms with E-state index in [1.165, 1.54) is 22.9 Å². The molecule has 8 nitrogen and oxygen atoms in total. The van der Waals surface area contributed by atoms with Crippen LogP contribution in [-0.2, 0) is 7.05 Å². The van der Waals surface area contributed by atoms with Gasteiger partial charge in [0.25, 0.3) is 5.56 Å². The van der Waals surface area contributed by atoms with E-state index in [9.17, 15) is 9.18 Å². The van der Waals surface area contributed by atoms with Gasteiger partial charge in [0.15, 0.2) is 5.82 Å². The van der Waals surface area contributed by atoms with Gasteiger partial charge in [-0.25, -0.2) is 9.37 Å². The Morgan fingerprint density at radius 3 is 2.82 bits per heavy atom. The van der Waals surface area contributed by atoms with Crippen molar-refractivity contribution in [1.29, 1.82) is 0 Å². The fourth-order valence-electron chi connectivity index (χ4n) is 4.27. The molecule has 3 aromatic rings. The van der Waals surface area contributed by atoms with Gasteiger partial charge in [0.1, 0.15) is 12.2 Å². The first-order chi connectivity index (χ1) is 16.0. The predicted octanol–water partition coefficient (Wildman–Crippen LogP) is 3.65. The fourth-order valence-corrected chi connectivity index (χ4v) is 4.27. The summed E-state index contributed by atoms with van der Waals surface area (Å²) in [6.07, 6.45) is 13.0. The van der Waals surface area contributed by atoms with Crippen LogP contribution in [0.4, 0.5) is 10.3 Å². The third kappa shape index (κ3) is 4.62. The summed E-state index contributed by atoms with van der Waals surface area (Å²) < 4.78 is 17.9. The third-order valence-electron chi connectivity index (χ3n) is 6.15. The van der Waals surface area contributed by atoms with E-state index >= 15 is 0 Å². The first-order valence-electron chi connectivity index (χ1n) is 11.1. The van der Waals surface area contributed by atoms with Crippen LogP contribution in [0.3, 0.4) is 0 Å². The lowest BCUT2D eigenvalue weighted by atomic mass is 9.95. The molecule has 1 aliphatic rings. The topological polar surface area (TPSA) is 81.7 Å². The van der Waals surface area contributed by atoms with Gasteiger partial charge in [-0.15, -0.1) is 16.8 Å². The molecule has 0 radical (unpaired) electrons. The maximum atomic E-state index is 14.2. The summed E-state index contributed by atoms with van der Waals surface area (Å²) in [5, 5.41) is 8.57. The van der Waals surface area contributed by atoms with Gasteiger partial charge in [0, 0.05) is 43.9 Å². The largest absolute Gasteiger partial charge is 0.342 e. The van der Waals surface area contributed by atoms with Crippen LogP contribution in [0.15, 0.2) is 60.5 Å². The van der Waals surface area contributed by atoms with Gasteiger partial charge in [0.2, 0.25) is 5.95 Å². The normalized spacial score (nSPS) is 15.8. The molecule has 0 N–H and O–H groups in total. The Balaban J connectivity index is 1.55. The van der Waals surface area contributed by atoms with Gasteiger partial charge < -0.3 is 9.47 Å². The van der Waals surface area contributed by atoms with E-state index in [-0.39, 0.29) is 23.1 Å². The Bertz CT molecular complexity index is 1210. The van der Waals surface area contributed by atoms with Crippen molar-refractivity contribution in [3.8, 4) is 11.3 Å². The molecule has 1 saturated heterocycles. The molecule has 4 rings (SSSR count).